The number of amides is 1. The molecule has 0 aromatic carbocycles. The molecule has 1 aromatic rings. The predicted molar refractivity (Wildman–Crippen MR) is 85.8 cm³/mol. The molecule has 2 rings (SSSR count). The van der Waals surface area contributed by atoms with E-state index in [1.54, 1.807) is 0 Å². The van der Waals surface area contributed by atoms with E-state index < -0.39 is 0 Å². The van der Waals surface area contributed by atoms with Gasteiger partial charge in [0, 0.05) is 36.2 Å². The Bertz CT molecular complexity index is 400. The SMILES string of the molecule is Cc1cccc(NC(=O)CC2CSCCN2)n1.Cl.Cl. The molecule has 0 saturated carbocycles. The lowest BCUT2D eigenvalue weighted by molar-refractivity contribution is -0.116. The number of anilines is 1. The van der Waals surface area contributed by atoms with Gasteiger partial charge in [0.15, 0.2) is 0 Å². The number of hydrogen-bond donors (Lipinski definition) is 2. The van der Waals surface area contributed by atoms with Crippen LogP contribution in [0, 0.1) is 6.92 Å². The average molecular weight is 324 g/mol. The summed E-state index contributed by atoms with van der Waals surface area (Å²) < 4.78 is 0. The number of aromatic nitrogens is 1. The van der Waals surface area contributed by atoms with Crippen LogP contribution in [0.15, 0.2) is 18.2 Å². The molecule has 0 bridgehead atoms. The van der Waals surface area contributed by atoms with Gasteiger partial charge in [-0.2, -0.15) is 11.8 Å². The molecular weight excluding hydrogens is 305 g/mol. The first kappa shape index (κ1) is 18.5. The molecule has 4 nitrogen and oxygen atoms in total. The molecule has 1 aromatic heterocycles. The average Bonchev–Trinajstić information content (AvgIpc) is 2.30. The second kappa shape index (κ2) is 9.42. The fourth-order valence-electron chi connectivity index (χ4n) is 1.78. The third kappa shape index (κ3) is 6.47. The van der Waals surface area contributed by atoms with E-state index >= 15 is 0 Å². The van der Waals surface area contributed by atoms with Crippen molar-refractivity contribution in [2.24, 2.45) is 0 Å². The van der Waals surface area contributed by atoms with Crippen molar-refractivity contribution in [1.29, 1.82) is 0 Å². The first-order valence-electron chi connectivity index (χ1n) is 5.78. The maximum absolute atomic E-state index is 11.8. The van der Waals surface area contributed by atoms with Crippen molar-refractivity contribution in [3.8, 4) is 0 Å². The highest BCUT2D eigenvalue weighted by Gasteiger charge is 2.16. The number of rotatable bonds is 3. The Kier molecular flexibility index (Phi) is 9.18. The van der Waals surface area contributed by atoms with Gasteiger partial charge in [0.2, 0.25) is 5.91 Å². The summed E-state index contributed by atoms with van der Waals surface area (Å²) in [7, 11) is 0. The Balaban J connectivity index is 0.00000162. The standard InChI is InChI=1S/C12H17N3OS.2ClH/c1-9-3-2-4-11(14-9)15-12(16)7-10-8-17-6-5-13-10;;/h2-4,10,13H,5-8H2,1H3,(H,14,15,16);2*1H. The number of aryl methyl sites for hydroxylation is 1. The van der Waals surface area contributed by atoms with Crippen LogP contribution in [-0.4, -0.2) is 35.0 Å². The smallest absolute Gasteiger partial charge is 0.227 e. The largest absolute Gasteiger partial charge is 0.312 e. The molecule has 2 N–H and O–H groups in total. The van der Waals surface area contributed by atoms with Crippen molar-refractivity contribution in [2.75, 3.05) is 23.4 Å². The van der Waals surface area contributed by atoms with Crippen molar-refractivity contribution in [2.45, 2.75) is 19.4 Å². The minimum absolute atomic E-state index is 0. The van der Waals surface area contributed by atoms with E-state index in [-0.39, 0.29) is 30.7 Å². The van der Waals surface area contributed by atoms with Crippen LogP contribution in [0.4, 0.5) is 5.82 Å². The van der Waals surface area contributed by atoms with Crippen LogP contribution in [0.25, 0.3) is 0 Å². The summed E-state index contributed by atoms with van der Waals surface area (Å²) in [4.78, 5) is 16.0. The van der Waals surface area contributed by atoms with Gasteiger partial charge in [-0.15, -0.1) is 24.8 Å². The zero-order valence-corrected chi connectivity index (χ0v) is 13.2. The van der Waals surface area contributed by atoms with Crippen molar-refractivity contribution in [1.82, 2.24) is 10.3 Å². The van der Waals surface area contributed by atoms with Gasteiger partial charge in [-0.3, -0.25) is 4.79 Å². The molecule has 1 aliphatic heterocycles. The highest BCUT2D eigenvalue weighted by Crippen LogP contribution is 2.11. The molecular formula is C12H19Cl2N3OS. The van der Waals surface area contributed by atoms with Gasteiger partial charge in [0.25, 0.3) is 0 Å². The lowest BCUT2D eigenvalue weighted by Gasteiger charge is -2.22. The Morgan fingerprint density at radius 2 is 2.32 bits per heavy atom. The van der Waals surface area contributed by atoms with Crippen molar-refractivity contribution in [3.05, 3.63) is 23.9 Å². The van der Waals surface area contributed by atoms with Gasteiger partial charge in [0.1, 0.15) is 5.82 Å². The Hall–Kier alpha value is -0.490. The summed E-state index contributed by atoms with van der Waals surface area (Å²) in [6, 6.07) is 5.91. The van der Waals surface area contributed by atoms with Crippen LogP contribution in [0.1, 0.15) is 12.1 Å². The van der Waals surface area contributed by atoms with Crippen LogP contribution in [0.5, 0.6) is 0 Å². The molecule has 19 heavy (non-hydrogen) atoms. The Morgan fingerprint density at radius 1 is 1.53 bits per heavy atom. The van der Waals surface area contributed by atoms with Crippen molar-refractivity contribution < 1.29 is 4.79 Å². The maximum atomic E-state index is 11.8. The summed E-state index contributed by atoms with van der Waals surface area (Å²) in [5, 5.41) is 6.18. The third-order valence-electron chi connectivity index (χ3n) is 2.59. The zero-order valence-electron chi connectivity index (χ0n) is 10.7. The van der Waals surface area contributed by atoms with Crippen LogP contribution in [-0.2, 0) is 4.79 Å². The number of hydrogen-bond acceptors (Lipinski definition) is 4. The molecule has 1 aliphatic rings. The van der Waals surface area contributed by atoms with Crippen LogP contribution >= 0.6 is 36.6 Å². The molecule has 2 heterocycles. The molecule has 0 aliphatic carbocycles. The maximum Gasteiger partial charge on any atom is 0.227 e. The van der Waals surface area contributed by atoms with E-state index in [0.29, 0.717) is 18.3 Å². The van der Waals surface area contributed by atoms with Gasteiger partial charge < -0.3 is 10.6 Å². The van der Waals surface area contributed by atoms with Crippen molar-refractivity contribution in [3.63, 3.8) is 0 Å². The lowest BCUT2D eigenvalue weighted by Crippen LogP contribution is -2.39. The van der Waals surface area contributed by atoms with Crippen LogP contribution in [0.3, 0.4) is 0 Å². The molecule has 1 saturated heterocycles. The first-order valence-corrected chi connectivity index (χ1v) is 6.94. The Morgan fingerprint density at radius 3 is 2.95 bits per heavy atom. The number of pyridine rings is 1. The highest BCUT2D eigenvalue weighted by molar-refractivity contribution is 7.99. The number of nitrogens with one attached hydrogen (secondary N) is 2. The van der Waals surface area contributed by atoms with E-state index in [0.717, 1.165) is 23.7 Å². The number of carbonyl (C=O) groups is 1. The van der Waals surface area contributed by atoms with E-state index in [1.165, 1.54) is 0 Å². The monoisotopic (exact) mass is 323 g/mol. The quantitative estimate of drug-likeness (QED) is 0.896. The molecule has 1 unspecified atom stereocenters. The molecule has 1 fully saturated rings. The van der Waals surface area contributed by atoms with Gasteiger partial charge in [-0.25, -0.2) is 4.98 Å². The fourth-order valence-corrected chi connectivity index (χ4v) is 2.73. The molecule has 1 amide bonds. The summed E-state index contributed by atoms with van der Waals surface area (Å²) in [5.41, 5.74) is 0.911. The first-order chi connectivity index (χ1) is 8.24. The lowest BCUT2D eigenvalue weighted by atomic mass is 10.2. The van der Waals surface area contributed by atoms with E-state index in [2.05, 4.69) is 15.6 Å². The molecule has 1 atom stereocenters. The van der Waals surface area contributed by atoms with Gasteiger partial charge in [-0.05, 0) is 19.1 Å². The fraction of sp³-hybridized carbons (Fsp3) is 0.500. The van der Waals surface area contributed by atoms with Gasteiger partial charge in [-0.1, -0.05) is 6.07 Å². The number of halogens is 2. The molecule has 0 spiro atoms. The van der Waals surface area contributed by atoms with E-state index in [9.17, 15) is 4.79 Å². The van der Waals surface area contributed by atoms with Gasteiger partial charge >= 0.3 is 0 Å². The third-order valence-corrected chi connectivity index (χ3v) is 3.72. The predicted octanol–water partition coefficient (Wildman–Crippen LogP) is 2.27. The summed E-state index contributed by atoms with van der Waals surface area (Å²) >= 11 is 1.90. The number of thioether (sulfide) groups is 1. The minimum atomic E-state index is 0. The highest BCUT2D eigenvalue weighted by atomic mass is 35.5. The summed E-state index contributed by atoms with van der Waals surface area (Å²) in [6.07, 6.45) is 0.516. The minimum Gasteiger partial charge on any atom is -0.312 e. The van der Waals surface area contributed by atoms with Crippen LogP contribution < -0.4 is 10.6 Å². The second-order valence-corrected chi connectivity index (χ2v) is 5.29. The summed E-state index contributed by atoms with van der Waals surface area (Å²) in [6.45, 7) is 2.90. The number of nitrogens with zero attached hydrogens (tertiary/aromatic N) is 1. The molecule has 0 radical (unpaired) electrons. The number of carbonyl (C=O) groups excluding carboxylic acids is 1. The van der Waals surface area contributed by atoms with Crippen molar-refractivity contribution >= 4 is 48.3 Å². The van der Waals surface area contributed by atoms with E-state index in [1.807, 2.05) is 36.9 Å². The normalized spacial score (nSPS) is 17.8. The second-order valence-electron chi connectivity index (χ2n) is 4.14. The van der Waals surface area contributed by atoms with E-state index in [4.69, 9.17) is 0 Å². The Labute approximate surface area is 130 Å². The topological polar surface area (TPSA) is 54.0 Å². The summed E-state index contributed by atoms with van der Waals surface area (Å²) in [5.74, 6) is 2.81. The van der Waals surface area contributed by atoms with Gasteiger partial charge in [0.05, 0.1) is 0 Å². The molecule has 108 valence electrons. The molecule has 7 heteroatoms. The van der Waals surface area contributed by atoms with Crippen LogP contribution in [0.2, 0.25) is 0 Å². The zero-order chi connectivity index (χ0) is 12.1.